The van der Waals surface area contributed by atoms with Crippen molar-refractivity contribution in [1.29, 1.82) is 0 Å². The molecule has 0 N–H and O–H groups in total. The molecule has 0 amide bonds. The van der Waals surface area contributed by atoms with E-state index in [0.717, 1.165) is 0 Å². The molecule has 0 nitrogen and oxygen atoms in total. The molecule has 8 aromatic rings. The molecular weight excluding hydrogens is 638 g/mol. The van der Waals surface area contributed by atoms with E-state index in [1.807, 2.05) is 0 Å². The van der Waals surface area contributed by atoms with E-state index in [4.69, 9.17) is 0 Å². The first-order valence-electron chi connectivity index (χ1n) is 17.1. The lowest BCUT2D eigenvalue weighted by atomic mass is 10.1. The Morgan fingerprint density at radius 2 is 0.400 bits per heavy atom. The van der Waals surface area contributed by atoms with Crippen molar-refractivity contribution in [2.24, 2.45) is 0 Å². The molecular formula is C48H38P2+2. The van der Waals surface area contributed by atoms with Gasteiger partial charge in [0.2, 0.25) is 0 Å². The minimum Gasteiger partial charge on any atom is -0.0622 e. The molecule has 0 unspecified atom stereocenters. The van der Waals surface area contributed by atoms with Crippen LogP contribution in [0.15, 0.2) is 231 Å². The van der Waals surface area contributed by atoms with Crippen LogP contribution in [-0.4, -0.2) is 0 Å². The summed E-state index contributed by atoms with van der Waals surface area (Å²) in [5.41, 5.74) is 2.45. The van der Waals surface area contributed by atoms with Gasteiger partial charge in [-0.2, -0.15) is 0 Å². The Morgan fingerprint density at radius 3 is 0.640 bits per heavy atom. The Kier molecular flexibility index (Phi) is 9.07. The molecule has 0 atom stereocenters. The first-order chi connectivity index (χ1) is 24.8. The van der Waals surface area contributed by atoms with Crippen LogP contribution in [0, 0.1) is 0 Å². The fourth-order valence-electron chi connectivity index (χ4n) is 7.48. The lowest BCUT2D eigenvalue weighted by Crippen LogP contribution is -2.43. The SMILES string of the molecule is c1ccc(-c2cc([P+](c3ccccc3)(c3ccccc3)c3ccccc3)cc([P+](c3ccccc3)(c3ccccc3)c3ccccc3)c2)cc1. The largest absolute Gasteiger partial charge is 0.144 e. The Bertz CT molecular complexity index is 1940. The van der Waals surface area contributed by atoms with Gasteiger partial charge in [-0.05, 0) is 96.1 Å². The molecule has 0 spiro atoms. The van der Waals surface area contributed by atoms with Crippen LogP contribution in [0.3, 0.4) is 0 Å². The average molecular weight is 677 g/mol. The Labute approximate surface area is 297 Å². The molecule has 8 aromatic carbocycles. The Hall–Kier alpha value is -5.38. The molecule has 238 valence electrons. The molecule has 0 fully saturated rings. The second-order valence-electron chi connectivity index (χ2n) is 12.5. The second kappa shape index (κ2) is 14.2. The van der Waals surface area contributed by atoms with Crippen LogP contribution in [0.25, 0.3) is 11.1 Å². The van der Waals surface area contributed by atoms with Crippen LogP contribution >= 0.6 is 14.5 Å². The zero-order valence-corrected chi connectivity index (χ0v) is 29.6. The third kappa shape index (κ3) is 5.62. The topological polar surface area (TPSA) is 0 Å². The fourth-order valence-corrected chi connectivity index (χ4v) is 16.2. The highest BCUT2D eigenvalue weighted by atomic mass is 31.2. The average Bonchev–Trinajstić information content (AvgIpc) is 3.21. The minimum atomic E-state index is -2.41. The van der Waals surface area contributed by atoms with E-state index >= 15 is 0 Å². The standard InChI is InChI=1S/C48H38P2/c1-8-22-39(23-9-1)40-36-47(49(41-24-10-2-11-25-41,42-26-12-3-13-27-42)43-28-14-4-15-29-43)38-48(37-40)50(44-30-16-5-17-31-44,45-32-18-6-19-33-45)46-34-20-7-21-35-46/h1-38H/q+2. The summed E-state index contributed by atoms with van der Waals surface area (Å²) in [5.74, 6) is 0. The summed E-state index contributed by atoms with van der Waals surface area (Å²) < 4.78 is 0. The van der Waals surface area contributed by atoms with Crippen molar-refractivity contribution in [1.82, 2.24) is 0 Å². The van der Waals surface area contributed by atoms with Crippen molar-refractivity contribution in [3.05, 3.63) is 231 Å². The molecule has 0 aliphatic rings. The molecule has 0 aromatic heterocycles. The van der Waals surface area contributed by atoms with Gasteiger partial charge in [0.25, 0.3) is 0 Å². The van der Waals surface area contributed by atoms with Crippen LogP contribution < -0.4 is 42.4 Å². The van der Waals surface area contributed by atoms with E-state index in [0.29, 0.717) is 0 Å². The van der Waals surface area contributed by atoms with E-state index in [1.54, 1.807) is 0 Å². The number of hydrogen-bond donors (Lipinski definition) is 0. The van der Waals surface area contributed by atoms with Gasteiger partial charge in [-0.3, -0.25) is 0 Å². The highest BCUT2D eigenvalue weighted by Gasteiger charge is 2.52. The van der Waals surface area contributed by atoms with Crippen LogP contribution in [0.1, 0.15) is 0 Å². The monoisotopic (exact) mass is 676 g/mol. The summed E-state index contributed by atoms with van der Waals surface area (Å²) in [4.78, 5) is 0. The zero-order chi connectivity index (χ0) is 33.6. The predicted molar refractivity (Wildman–Crippen MR) is 221 cm³/mol. The fraction of sp³-hybridized carbons (Fsp3) is 0. The third-order valence-corrected chi connectivity index (χ3v) is 18.1. The predicted octanol–water partition coefficient (Wildman–Crippen LogP) is 8.59. The van der Waals surface area contributed by atoms with Gasteiger partial charge in [-0.15, -0.1) is 0 Å². The van der Waals surface area contributed by atoms with Gasteiger partial charge in [0.1, 0.15) is 57.0 Å². The molecule has 0 saturated carbocycles. The molecule has 0 heterocycles. The van der Waals surface area contributed by atoms with E-state index in [2.05, 4.69) is 231 Å². The van der Waals surface area contributed by atoms with Crippen molar-refractivity contribution < 1.29 is 0 Å². The molecule has 0 radical (unpaired) electrons. The smallest absolute Gasteiger partial charge is 0.0622 e. The molecule has 2 heteroatoms. The van der Waals surface area contributed by atoms with Gasteiger partial charge in [-0.25, -0.2) is 0 Å². The maximum absolute atomic E-state index is 2.59. The van der Waals surface area contributed by atoms with Gasteiger partial charge >= 0.3 is 0 Å². The summed E-state index contributed by atoms with van der Waals surface area (Å²) >= 11 is 0. The van der Waals surface area contributed by atoms with Crippen molar-refractivity contribution >= 4 is 57.0 Å². The molecule has 0 aliphatic heterocycles. The van der Waals surface area contributed by atoms with Gasteiger partial charge < -0.3 is 0 Å². The zero-order valence-electron chi connectivity index (χ0n) is 27.8. The van der Waals surface area contributed by atoms with Gasteiger partial charge in [0.15, 0.2) is 0 Å². The summed E-state index contributed by atoms with van der Waals surface area (Å²) in [6, 6.07) is 85.9. The van der Waals surface area contributed by atoms with Crippen LogP contribution in [-0.2, 0) is 0 Å². The van der Waals surface area contributed by atoms with E-state index in [9.17, 15) is 0 Å². The first kappa shape index (κ1) is 31.9. The van der Waals surface area contributed by atoms with Gasteiger partial charge in [0.05, 0.1) is 0 Å². The number of hydrogen-bond acceptors (Lipinski definition) is 0. The summed E-state index contributed by atoms with van der Waals surface area (Å²) in [6.07, 6.45) is 0. The molecule has 8 rings (SSSR count). The Balaban J connectivity index is 1.58. The van der Waals surface area contributed by atoms with Crippen molar-refractivity contribution in [3.63, 3.8) is 0 Å². The maximum Gasteiger partial charge on any atom is 0.144 e. The maximum atomic E-state index is 2.59. The lowest BCUT2D eigenvalue weighted by molar-refractivity contribution is 1.64. The molecule has 50 heavy (non-hydrogen) atoms. The third-order valence-electron chi connectivity index (χ3n) is 9.65. The van der Waals surface area contributed by atoms with E-state index in [1.165, 1.54) is 53.6 Å². The van der Waals surface area contributed by atoms with Crippen LogP contribution in [0.2, 0.25) is 0 Å². The van der Waals surface area contributed by atoms with Crippen molar-refractivity contribution in [2.45, 2.75) is 0 Å². The summed E-state index contributed by atoms with van der Waals surface area (Å²) in [5, 5.41) is 10.8. The van der Waals surface area contributed by atoms with E-state index in [-0.39, 0.29) is 0 Å². The van der Waals surface area contributed by atoms with Crippen molar-refractivity contribution in [2.75, 3.05) is 0 Å². The molecule has 0 aliphatic carbocycles. The highest BCUT2D eigenvalue weighted by molar-refractivity contribution is 8.02. The van der Waals surface area contributed by atoms with E-state index < -0.39 is 14.5 Å². The quantitative estimate of drug-likeness (QED) is 0.134. The first-order valence-corrected chi connectivity index (χ1v) is 20.7. The minimum absolute atomic E-state index is 1.22. The van der Waals surface area contributed by atoms with Crippen LogP contribution in [0.4, 0.5) is 0 Å². The van der Waals surface area contributed by atoms with Gasteiger partial charge in [-0.1, -0.05) is 140 Å². The lowest BCUT2D eigenvalue weighted by Gasteiger charge is -2.31. The summed E-state index contributed by atoms with van der Waals surface area (Å²) in [6.45, 7) is 0. The Morgan fingerprint density at radius 1 is 0.180 bits per heavy atom. The normalized spacial score (nSPS) is 11.6. The number of rotatable bonds is 9. The summed E-state index contributed by atoms with van der Waals surface area (Å²) in [7, 11) is -4.81. The van der Waals surface area contributed by atoms with Gasteiger partial charge in [0, 0.05) is 6.07 Å². The second-order valence-corrected chi connectivity index (χ2v) is 19.3. The number of benzene rings is 8. The molecule has 0 saturated heterocycles. The molecule has 0 bridgehead atoms. The highest BCUT2D eigenvalue weighted by Crippen LogP contribution is 2.58. The van der Waals surface area contributed by atoms with Crippen LogP contribution in [0.5, 0.6) is 0 Å². The van der Waals surface area contributed by atoms with Crippen molar-refractivity contribution in [3.8, 4) is 11.1 Å².